The van der Waals surface area contributed by atoms with Gasteiger partial charge in [-0.15, -0.1) is 0 Å². The molecule has 1 aromatic heterocycles. The highest BCUT2D eigenvalue weighted by atomic mass is 19.4. The monoisotopic (exact) mass is 189 g/mol. The largest absolute Gasteiger partial charge is 0.482 e. The Morgan fingerprint density at radius 3 is 2.62 bits per heavy atom. The lowest BCUT2D eigenvalue weighted by Crippen LogP contribution is -2.20. The van der Waals surface area contributed by atoms with Gasteiger partial charge in [0.05, 0.1) is 0 Å². The molecule has 0 fully saturated rings. The van der Waals surface area contributed by atoms with Gasteiger partial charge in [-0.05, 0) is 12.0 Å². The van der Waals surface area contributed by atoms with Crippen molar-refractivity contribution in [3.8, 4) is 0 Å². The highest BCUT2D eigenvalue weighted by Crippen LogP contribution is 2.17. The summed E-state index contributed by atoms with van der Waals surface area (Å²) in [6.07, 6.45) is 2.13. The van der Waals surface area contributed by atoms with Crippen LogP contribution in [-0.2, 0) is 12.7 Å². The summed E-state index contributed by atoms with van der Waals surface area (Å²) in [5.74, 6) is 0. The smallest absolute Gasteiger partial charge is 0.449 e. The zero-order valence-corrected chi connectivity index (χ0v) is 7.17. The first-order valence-electron chi connectivity index (χ1n) is 4.01. The molecule has 0 amide bonds. The predicted octanol–water partition coefficient (Wildman–Crippen LogP) is 1.97. The molecule has 72 valence electrons. The highest BCUT2D eigenvalue weighted by Gasteiger charge is 2.24. The van der Waals surface area contributed by atoms with Crippen LogP contribution in [0.1, 0.15) is 18.2 Å². The van der Waals surface area contributed by atoms with Gasteiger partial charge in [0.25, 0.3) is 0 Å². The van der Waals surface area contributed by atoms with Crippen LogP contribution in [0.15, 0.2) is 12.5 Å². The maximum absolute atomic E-state index is 12.1. The number of halogens is 3. The molecule has 0 unspecified atom stereocenters. The molecule has 0 bridgehead atoms. The average molecular weight is 189 g/mol. The number of rotatable bonds is 3. The van der Waals surface area contributed by atoms with E-state index in [2.05, 4.69) is 9.97 Å². The van der Waals surface area contributed by atoms with E-state index in [0.717, 1.165) is 0 Å². The molecule has 0 saturated heterocycles. The molecule has 0 saturated carbocycles. The van der Waals surface area contributed by atoms with Gasteiger partial charge >= 0.3 is 6.98 Å². The quantitative estimate of drug-likeness (QED) is 0.679. The molecule has 1 aromatic rings. The molecule has 0 atom stereocenters. The Bertz CT molecular complexity index is 287. The second-order valence-electron chi connectivity index (χ2n) is 2.76. The normalized spacial score (nSPS) is 11.7. The first-order valence-corrected chi connectivity index (χ1v) is 4.01. The second kappa shape index (κ2) is 3.76. The van der Waals surface area contributed by atoms with E-state index in [9.17, 15) is 12.9 Å². The number of hydrogen-bond donors (Lipinski definition) is 0. The zero-order chi connectivity index (χ0) is 9.90. The molecule has 1 heterocycles. The Morgan fingerprint density at radius 2 is 2.08 bits per heavy atom. The van der Waals surface area contributed by atoms with Crippen molar-refractivity contribution in [1.82, 2.24) is 9.97 Å². The van der Waals surface area contributed by atoms with Crippen LogP contribution in [0, 0.1) is 0 Å². The average Bonchev–Trinajstić information content (AvgIpc) is 2.02. The molecule has 0 aliphatic heterocycles. The lowest BCUT2D eigenvalue weighted by molar-refractivity contribution is 0.467. The van der Waals surface area contributed by atoms with Crippen molar-refractivity contribution < 1.29 is 12.9 Å². The maximum Gasteiger partial charge on any atom is 0.482 e. The molecule has 0 N–H and O–H groups in total. The van der Waals surface area contributed by atoms with Gasteiger partial charge in [0, 0.05) is 11.9 Å². The van der Waals surface area contributed by atoms with E-state index in [1.165, 1.54) is 12.5 Å². The van der Waals surface area contributed by atoms with Gasteiger partial charge in [-0.3, -0.25) is 0 Å². The van der Waals surface area contributed by atoms with E-state index in [1.807, 2.05) is 0 Å². The molecular formula is C7H9BF3N2-. The highest BCUT2D eigenvalue weighted by molar-refractivity contribution is 6.57. The molecule has 0 radical (unpaired) electrons. The van der Waals surface area contributed by atoms with Crippen molar-refractivity contribution in [2.75, 3.05) is 0 Å². The lowest BCUT2D eigenvalue weighted by atomic mass is 9.81. The van der Waals surface area contributed by atoms with Gasteiger partial charge in [0.2, 0.25) is 0 Å². The van der Waals surface area contributed by atoms with Gasteiger partial charge in [0.15, 0.2) is 0 Å². The van der Waals surface area contributed by atoms with Crippen molar-refractivity contribution in [2.24, 2.45) is 0 Å². The summed E-state index contributed by atoms with van der Waals surface area (Å²) in [4.78, 5) is 7.36. The van der Waals surface area contributed by atoms with Crippen molar-refractivity contribution in [1.29, 1.82) is 0 Å². The standard InChI is InChI=1S/C7H9BF3N2/c1-2-7-6(3-8(9,10)11)4-12-5-13-7/h4-5H,2-3H2,1H3/q-1. The van der Waals surface area contributed by atoms with Gasteiger partial charge < -0.3 is 12.9 Å². The second-order valence-corrected chi connectivity index (χ2v) is 2.76. The fraction of sp³-hybridized carbons (Fsp3) is 0.429. The molecule has 0 aliphatic rings. The van der Waals surface area contributed by atoms with Crippen molar-refractivity contribution in [3.63, 3.8) is 0 Å². The Hall–Kier alpha value is -1.07. The summed E-state index contributed by atoms with van der Waals surface area (Å²) < 4.78 is 36.2. The Labute approximate surface area is 74.3 Å². The minimum Gasteiger partial charge on any atom is -0.449 e. The first-order chi connectivity index (χ1) is 6.03. The molecule has 13 heavy (non-hydrogen) atoms. The molecule has 2 nitrogen and oxygen atoms in total. The van der Waals surface area contributed by atoms with E-state index in [1.54, 1.807) is 6.92 Å². The molecule has 0 aliphatic carbocycles. The summed E-state index contributed by atoms with van der Waals surface area (Å²) >= 11 is 0. The zero-order valence-electron chi connectivity index (χ0n) is 7.17. The van der Waals surface area contributed by atoms with Gasteiger partial charge in [-0.2, -0.15) is 0 Å². The fourth-order valence-electron chi connectivity index (χ4n) is 1.12. The van der Waals surface area contributed by atoms with Crippen LogP contribution in [0.25, 0.3) is 0 Å². The summed E-state index contributed by atoms with van der Waals surface area (Å²) in [5, 5.41) is 0. The van der Waals surface area contributed by atoms with Crippen LogP contribution in [0.3, 0.4) is 0 Å². The van der Waals surface area contributed by atoms with Crippen molar-refractivity contribution in [3.05, 3.63) is 23.8 Å². The van der Waals surface area contributed by atoms with Crippen LogP contribution in [0.4, 0.5) is 12.9 Å². The third-order valence-electron chi connectivity index (χ3n) is 1.67. The van der Waals surface area contributed by atoms with Gasteiger partial charge in [-0.25, -0.2) is 9.97 Å². The Kier molecular flexibility index (Phi) is 2.90. The third kappa shape index (κ3) is 3.04. The van der Waals surface area contributed by atoms with Gasteiger partial charge in [0.1, 0.15) is 6.33 Å². The molecular weight excluding hydrogens is 180 g/mol. The number of aromatic nitrogens is 2. The summed E-state index contributed by atoms with van der Waals surface area (Å²) in [5.41, 5.74) is 0.673. The maximum atomic E-state index is 12.1. The van der Waals surface area contributed by atoms with Crippen LogP contribution < -0.4 is 0 Å². The molecule has 0 aromatic carbocycles. The molecule has 0 spiro atoms. The predicted molar refractivity (Wildman–Crippen MR) is 44.2 cm³/mol. The SMILES string of the molecule is CCc1ncncc1C[B-](F)(F)F. The van der Waals surface area contributed by atoms with E-state index in [0.29, 0.717) is 12.1 Å². The van der Waals surface area contributed by atoms with E-state index >= 15 is 0 Å². The first kappa shape index (κ1) is 10.0. The summed E-state index contributed by atoms with van der Waals surface area (Å²) in [6.45, 7) is -3.02. The summed E-state index contributed by atoms with van der Waals surface area (Å²) in [7, 11) is 0. The Balaban J connectivity index is 2.87. The minimum absolute atomic E-state index is 0.192. The Morgan fingerprint density at radius 1 is 1.38 bits per heavy atom. The number of nitrogens with zero attached hydrogens (tertiary/aromatic N) is 2. The number of hydrogen-bond acceptors (Lipinski definition) is 2. The molecule has 6 heteroatoms. The van der Waals surface area contributed by atoms with Crippen molar-refractivity contribution >= 4 is 6.98 Å². The van der Waals surface area contributed by atoms with E-state index in [-0.39, 0.29) is 5.56 Å². The van der Waals surface area contributed by atoms with Gasteiger partial charge in [-0.1, -0.05) is 13.2 Å². The van der Waals surface area contributed by atoms with Crippen LogP contribution in [0.5, 0.6) is 0 Å². The van der Waals surface area contributed by atoms with Crippen molar-refractivity contribution in [2.45, 2.75) is 19.7 Å². The van der Waals surface area contributed by atoms with Crippen LogP contribution >= 0.6 is 0 Å². The minimum atomic E-state index is -4.79. The van der Waals surface area contributed by atoms with Crippen LogP contribution in [-0.4, -0.2) is 16.9 Å². The number of aryl methyl sites for hydroxylation is 1. The van der Waals surface area contributed by atoms with Crippen LogP contribution in [0.2, 0.25) is 0 Å². The fourth-order valence-corrected chi connectivity index (χ4v) is 1.12. The topological polar surface area (TPSA) is 25.8 Å². The summed E-state index contributed by atoms with van der Waals surface area (Å²) in [6, 6.07) is 0. The lowest BCUT2D eigenvalue weighted by Gasteiger charge is -2.14. The third-order valence-corrected chi connectivity index (χ3v) is 1.67. The molecule has 1 rings (SSSR count). The van der Waals surface area contributed by atoms with E-state index in [4.69, 9.17) is 0 Å². The van der Waals surface area contributed by atoms with E-state index < -0.39 is 13.3 Å².